The third kappa shape index (κ3) is 2.38. The summed E-state index contributed by atoms with van der Waals surface area (Å²) in [5.74, 6) is 0.611. The quantitative estimate of drug-likeness (QED) is 0.810. The fourth-order valence-corrected chi connectivity index (χ4v) is 3.26. The van der Waals surface area contributed by atoms with Gasteiger partial charge < -0.3 is 10.2 Å². The summed E-state index contributed by atoms with van der Waals surface area (Å²) >= 11 is 0. The van der Waals surface area contributed by atoms with Crippen LogP contribution in [0, 0.1) is 11.8 Å². The normalized spacial score (nSPS) is 30.8. The molecule has 1 heterocycles. The van der Waals surface area contributed by atoms with E-state index in [0.717, 1.165) is 12.8 Å². The molecule has 4 nitrogen and oxygen atoms in total. The Hall–Kier alpha value is -1.06. The predicted molar refractivity (Wildman–Crippen MR) is 69.9 cm³/mol. The molecule has 1 N–H and O–H groups in total. The first-order valence-corrected chi connectivity index (χ1v) is 7.09. The van der Waals surface area contributed by atoms with Crippen LogP contribution in [0.5, 0.6) is 0 Å². The van der Waals surface area contributed by atoms with E-state index in [1.54, 1.807) is 11.9 Å². The zero-order chi connectivity index (χ0) is 13.3. The lowest BCUT2D eigenvalue weighted by Crippen LogP contribution is -2.65. The highest BCUT2D eigenvalue weighted by Crippen LogP contribution is 2.30. The van der Waals surface area contributed by atoms with Crippen molar-refractivity contribution in [2.75, 3.05) is 7.05 Å². The second-order valence-electron chi connectivity index (χ2n) is 6.02. The van der Waals surface area contributed by atoms with Gasteiger partial charge in [0.15, 0.2) is 0 Å². The van der Waals surface area contributed by atoms with Gasteiger partial charge in [0.25, 0.3) is 0 Å². The van der Waals surface area contributed by atoms with Crippen molar-refractivity contribution in [3.63, 3.8) is 0 Å². The standard InChI is InChI=1S/C14H24N2O2/c1-9(2)11-14(18)16(3)12(13(17)15-11)10-7-5-4-6-8-10/h9-12H,4-8H2,1-3H3,(H,15,17). The van der Waals surface area contributed by atoms with Crippen LogP contribution in [0.25, 0.3) is 0 Å². The van der Waals surface area contributed by atoms with Crippen molar-refractivity contribution in [3.8, 4) is 0 Å². The minimum Gasteiger partial charge on any atom is -0.342 e. The van der Waals surface area contributed by atoms with Gasteiger partial charge >= 0.3 is 0 Å². The highest BCUT2D eigenvalue weighted by Gasteiger charge is 2.43. The fraction of sp³-hybridized carbons (Fsp3) is 0.857. The number of amides is 2. The Balaban J connectivity index is 2.12. The Morgan fingerprint density at radius 3 is 2.33 bits per heavy atom. The van der Waals surface area contributed by atoms with E-state index >= 15 is 0 Å². The summed E-state index contributed by atoms with van der Waals surface area (Å²) in [6.07, 6.45) is 5.77. The van der Waals surface area contributed by atoms with Crippen LogP contribution in [0.4, 0.5) is 0 Å². The molecule has 1 aliphatic carbocycles. The number of nitrogens with one attached hydrogen (secondary N) is 1. The van der Waals surface area contributed by atoms with Crippen molar-refractivity contribution >= 4 is 11.8 Å². The first kappa shape index (κ1) is 13.4. The Bertz CT molecular complexity index is 335. The zero-order valence-electron chi connectivity index (χ0n) is 11.6. The summed E-state index contributed by atoms with van der Waals surface area (Å²) in [7, 11) is 1.79. The first-order valence-electron chi connectivity index (χ1n) is 7.09. The summed E-state index contributed by atoms with van der Waals surface area (Å²) in [6, 6.07) is -0.588. The van der Waals surface area contributed by atoms with Gasteiger partial charge in [-0.3, -0.25) is 9.59 Å². The van der Waals surface area contributed by atoms with Crippen LogP contribution in [-0.4, -0.2) is 35.8 Å². The Morgan fingerprint density at radius 1 is 1.17 bits per heavy atom. The third-order valence-electron chi connectivity index (χ3n) is 4.36. The summed E-state index contributed by atoms with van der Waals surface area (Å²) in [5, 5.41) is 2.91. The van der Waals surface area contributed by atoms with Crippen LogP contribution in [0.1, 0.15) is 46.0 Å². The maximum Gasteiger partial charge on any atom is 0.245 e. The smallest absolute Gasteiger partial charge is 0.245 e. The van der Waals surface area contributed by atoms with Crippen molar-refractivity contribution in [3.05, 3.63) is 0 Å². The average molecular weight is 252 g/mol. The molecule has 2 fully saturated rings. The Morgan fingerprint density at radius 2 is 1.78 bits per heavy atom. The summed E-state index contributed by atoms with van der Waals surface area (Å²) in [6.45, 7) is 3.94. The molecule has 2 atom stereocenters. The van der Waals surface area contributed by atoms with Gasteiger partial charge in [0.1, 0.15) is 12.1 Å². The minimum absolute atomic E-state index is 0.0442. The number of likely N-dealkylation sites (N-methyl/N-ethyl adjacent to an activating group) is 1. The molecule has 2 unspecified atom stereocenters. The van der Waals surface area contributed by atoms with Crippen LogP contribution in [0.15, 0.2) is 0 Å². The van der Waals surface area contributed by atoms with Crippen LogP contribution >= 0.6 is 0 Å². The van der Waals surface area contributed by atoms with Gasteiger partial charge in [0, 0.05) is 7.05 Å². The van der Waals surface area contributed by atoms with E-state index in [2.05, 4.69) is 5.32 Å². The van der Waals surface area contributed by atoms with E-state index in [9.17, 15) is 9.59 Å². The molecule has 1 saturated heterocycles. The van der Waals surface area contributed by atoms with Crippen LogP contribution in [0.2, 0.25) is 0 Å². The van der Waals surface area contributed by atoms with Crippen molar-refractivity contribution in [2.45, 2.75) is 58.0 Å². The van der Waals surface area contributed by atoms with Gasteiger partial charge in [0.2, 0.25) is 11.8 Å². The second kappa shape index (κ2) is 5.29. The van der Waals surface area contributed by atoms with Gasteiger partial charge in [-0.1, -0.05) is 33.1 Å². The average Bonchev–Trinajstić information content (AvgIpc) is 2.35. The molecular weight excluding hydrogens is 228 g/mol. The molecule has 4 heteroatoms. The van der Waals surface area contributed by atoms with E-state index in [1.807, 2.05) is 13.8 Å². The van der Waals surface area contributed by atoms with Gasteiger partial charge in [-0.2, -0.15) is 0 Å². The van der Waals surface area contributed by atoms with E-state index in [4.69, 9.17) is 0 Å². The number of carbonyl (C=O) groups excluding carboxylic acids is 2. The maximum absolute atomic E-state index is 12.3. The predicted octanol–water partition coefficient (Wildman–Crippen LogP) is 1.55. The second-order valence-corrected chi connectivity index (χ2v) is 6.02. The van der Waals surface area contributed by atoms with E-state index in [-0.39, 0.29) is 29.8 Å². The molecule has 0 aromatic carbocycles. The maximum atomic E-state index is 12.3. The molecule has 102 valence electrons. The largest absolute Gasteiger partial charge is 0.342 e. The molecule has 2 aliphatic rings. The molecule has 1 saturated carbocycles. The SMILES string of the molecule is CC(C)C1NC(=O)C(C2CCCCC2)N(C)C1=O. The number of hydrogen-bond donors (Lipinski definition) is 1. The topological polar surface area (TPSA) is 49.4 Å². The van der Waals surface area contributed by atoms with Gasteiger partial charge in [-0.05, 0) is 24.7 Å². The fourth-order valence-electron chi connectivity index (χ4n) is 3.26. The van der Waals surface area contributed by atoms with Gasteiger partial charge in [-0.15, -0.1) is 0 Å². The van der Waals surface area contributed by atoms with Crippen LogP contribution in [-0.2, 0) is 9.59 Å². The first-order chi connectivity index (χ1) is 8.52. The highest BCUT2D eigenvalue weighted by molar-refractivity contribution is 5.97. The molecule has 0 radical (unpaired) electrons. The molecule has 0 spiro atoms. The molecule has 2 amide bonds. The number of carbonyl (C=O) groups is 2. The summed E-state index contributed by atoms with van der Waals surface area (Å²) < 4.78 is 0. The van der Waals surface area contributed by atoms with E-state index in [0.29, 0.717) is 5.92 Å². The van der Waals surface area contributed by atoms with Crippen molar-refractivity contribution < 1.29 is 9.59 Å². The van der Waals surface area contributed by atoms with Crippen molar-refractivity contribution in [2.24, 2.45) is 11.8 Å². The number of nitrogens with zero attached hydrogens (tertiary/aromatic N) is 1. The molecular formula is C14H24N2O2. The number of hydrogen-bond acceptors (Lipinski definition) is 2. The minimum atomic E-state index is -0.345. The third-order valence-corrected chi connectivity index (χ3v) is 4.36. The Kier molecular flexibility index (Phi) is 3.93. The number of rotatable bonds is 2. The zero-order valence-corrected chi connectivity index (χ0v) is 11.6. The lowest BCUT2D eigenvalue weighted by Gasteiger charge is -2.42. The van der Waals surface area contributed by atoms with E-state index < -0.39 is 0 Å². The lowest BCUT2D eigenvalue weighted by molar-refractivity contribution is -0.151. The van der Waals surface area contributed by atoms with E-state index in [1.165, 1.54) is 19.3 Å². The van der Waals surface area contributed by atoms with Crippen LogP contribution < -0.4 is 5.32 Å². The summed E-state index contributed by atoms with van der Waals surface area (Å²) in [4.78, 5) is 26.2. The molecule has 0 aromatic rings. The summed E-state index contributed by atoms with van der Waals surface area (Å²) in [5.41, 5.74) is 0. The van der Waals surface area contributed by atoms with Gasteiger partial charge in [-0.25, -0.2) is 0 Å². The molecule has 0 aromatic heterocycles. The monoisotopic (exact) mass is 252 g/mol. The van der Waals surface area contributed by atoms with Crippen molar-refractivity contribution in [1.29, 1.82) is 0 Å². The van der Waals surface area contributed by atoms with Crippen molar-refractivity contribution in [1.82, 2.24) is 10.2 Å². The lowest BCUT2D eigenvalue weighted by atomic mass is 9.81. The molecule has 1 aliphatic heterocycles. The molecule has 2 rings (SSSR count). The Labute approximate surface area is 109 Å². The highest BCUT2D eigenvalue weighted by atomic mass is 16.2. The number of piperazine rings is 1. The van der Waals surface area contributed by atoms with Gasteiger partial charge in [0.05, 0.1) is 0 Å². The molecule has 0 bridgehead atoms. The molecule has 18 heavy (non-hydrogen) atoms. The van der Waals surface area contributed by atoms with Crippen LogP contribution in [0.3, 0.4) is 0 Å².